The van der Waals surface area contributed by atoms with Crippen LogP contribution >= 0.6 is 11.3 Å². The van der Waals surface area contributed by atoms with E-state index in [1.54, 1.807) is 11.3 Å². The third-order valence-corrected chi connectivity index (χ3v) is 3.45. The summed E-state index contributed by atoms with van der Waals surface area (Å²) < 4.78 is 4.65. The standard InChI is InChI=1S/C13H22N2O2S/c1-9(2)7-15(10(3)4)13-14-11(8-18-13)6-12(16)17-5/h8-10H,6-7H2,1-5H3. The van der Waals surface area contributed by atoms with Crippen molar-refractivity contribution in [3.63, 3.8) is 0 Å². The first-order valence-corrected chi connectivity index (χ1v) is 7.09. The Hall–Kier alpha value is -1.10. The highest BCUT2D eigenvalue weighted by Crippen LogP contribution is 2.24. The molecule has 0 amide bonds. The van der Waals surface area contributed by atoms with E-state index in [0.717, 1.165) is 17.4 Å². The van der Waals surface area contributed by atoms with Crippen LogP contribution in [0.25, 0.3) is 0 Å². The van der Waals surface area contributed by atoms with Gasteiger partial charge in [0.2, 0.25) is 0 Å². The van der Waals surface area contributed by atoms with Gasteiger partial charge < -0.3 is 9.64 Å². The van der Waals surface area contributed by atoms with Crippen LogP contribution in [0.2, 0.25) is 0 Å². The highest BCUT2D eigenvalue weighted by molar-refractivity contribution is 7.13. The van der Waals surface area contributed by atoms with E-state index in [-0.39, 0.29) is 12.4 Å². The zero-order valence-corrected chi connectivity index (χ0v) is 12.6. The van der Waals surface area contributed by atoms with Crippen molar-refractivity contribution in [2.75, 3.05) is 18.6 Å². The summed E-state index contributed by atoms with van der Waals surface area (Å²) in [6.07, 6.45) is 0.251. The number of ether oxygens (including phenoxy) is 1. The molecule has 0 radical (unpaired) electrons. The Morgan fingerprint density at radius 1 is 1.44 bits per heavy atom. The second-order valence-corrected chi connectivity index (χ2v) is 5.85. The Balaban J connectivity index is 2.77. The minimum Gasteiger partial charge on any atom is -0.469 e. The number of hydrogen-bond acceptors (Lipinski definition) is 5. The van der Waals surface area contributed by atoms with Gasteiger partial charge in [0.15, 0.2) is 5.13 Å². The van der Waals surface area contributed by atoms with Gasteiger partial charge in [-0.3, -0.25) is 4.79 Å². The molecule has 0 aliphatic heterocycles. The molecule has 0 atom stereocenters. The third-order valence-electron chi connectivity index (χ3n) is 2.52. The first-order chi connectivity index (χ1) is 8.43. The van der Waals surface area contributed by atoms with Gasteiger partial charge in [0.1, 0.15) is 0 Å². The van der Waals surface area contributed by atoms with E-state index < -0.39 is 0 Å². The van der Waals surface area contributed by atoms with Crippen molar-refractivity contribution in [3.05, 3.63) is 11.1 Å². The van der Waals surface area contributed by atoms with E-state index in [4.69, 9.17) is 0 Å². The van der Waals surface area contributed by atoms with E-state index in [2.05, 4.69) is 42.3 Å². The van der Waals surface area contributed by atoms with Crippen molar-refractivity contribution in [1.29, 1.82) is 0 Å². The van der Waals surface area contributed by atoms with Crippen molar-refractivity contribution in [2.24, 2.45) is 5.92 Å². The Morgan fingerprint density at radius 3 is 2.61 bits per heavy atom. The van der Waals surface area contributed by atoms with E-state index >= 15 is 0 Å². The molecule has 0 saturated heterocycles. The molecule has 4 nitrogen and oxygen atoms in total. The van der Waals surface area contributed by atoms with Gasteiger partial charge >= 0.3 is 5.97 Å². The molecule has 0 aromatic carbocycles. The zero-order chi connectivity index (χ0) is 13.7. The van der Waals surface area contributed by atoms with Gasteiger partial charge in [-0.2, -0.15) is 0 Å². The first kappa shape index (κ1) is 15.0. The normalized spacial score (nSPS) is 11.1. The van der Waals surface area contributed by atoms with E-state index in [1.807, 2.05) is 5.38 Å². The van der Waals surface area contributed by atoms with Gasteiger partial charge in [-0.25, -0.2) is 4.98 Å². The summed E-state index contributed by atoms with van der Waals surface area (Å²) in [6, 6.07) is 0.407. The maximum Gasteiger partial charge on any atom is 0.311 e. The molecular weight excluding hydrogens is 248 g/mol. The number of esters is 1. The summed E-state index contributed by atoms with van der Waals surface area (Å²) in [5.74, 6) is 0.340. The Labute approximate surface area is 113 Å². The molecular formula is C13H22N2O2S. The molecule has 0 fully saturated rings. The fourth-order valence-corrected chi connectivity index (χ4v) is 2.60. The van der Waals surface area contributed by atoms with Crippen LogP contribution in [-0.2, 0) is 16.0 Å². The number of anilines is 1. The Bertz CT molecular complexity index is 388. The predicted octanol–water partition coefficient (Wildman–Crippen LogP) is 2.73. The lowest BCUT2D eigenvalue weighted by Crippen LogP contribution is -2.34. The molecule has 0 bridgehead atoms. The van der Waals surface area contributed by atoms with E-state index in [1.165, 1.54) is 7.11 Å². The van der Waals surface area contributed by atoms with Crippen LogP contribution in [0.1, 0.15) is 33.4 Å². The summed E-state index contributed by atoms with van der Waals surface area (Å²) >= 11 is 1.59. The van der Waals surface area contributed by atoms with Crippen LogP contribution in [-0.4, -0.2) is 30.6 Å². The highest BCUT2D eigenvalue weighted by atomic mass is 32.1. The fraction of sp³-hybridized carbons (Fsp3) is 0.692. The molecule has 0 saturated carbocycles. The third kappa shape index (κ3) is 4.29. The number of methoxy groups -OCH3 is 1. The van der Waals surface area contributed by atoms with Crippen LogP contribution in [0.5, 0.6) is 0 Å². The maximum atomic E-state index is 11.2. The number of aromatic nitrogens is 1. The molecule has 1 aromatic rings. The predicted molar refractivity (Wildman–Crippen MR) is 75.2 cm³/mol. The fourth-order valence-electron chi connectivity index (χ4n) is 1.63. The molecule has 0 spiro atoms. The Kier molecular flexibility index (Phi) is 5.59. The van der Waals surface area contributed by atoms with Crippen molar-refractivity contribution >= 4 is 22.4 Å². The SMILES string of the molecule is COC(=O)Cc1csc(N(CC(C)C)C(C)C)n1. The summed E-state index contributed by atoms with van der Waals surface area (Å²) in [7, 11) is 1.40. The van der Waals surface area contributed by atoms with Gasteiger partial charge in [-0.05, 0) is 19.8 Å². The quantitative estimate of drug-likeness (QED) is 0.745. The van der Waals surface area contributed by atoms with E-state index in [9.17, 15) is 4.79 Å². The average Bonchev–Trinajstić information content (AvgIpc) is 2.73. The van der Waals surface area contributed by atoms with Gasteiger partial charge in [0.25, 0.3) is 0 Å². The van der Waals surface area contributed by atoms with Crippen LogP contribution in [0.4, 0.5) is 5.13 Å². The number of hydrogen-bond donors (Lipinski definition) is 0. The van der Waals surface area contributed by atoms with Gasteiger partial charge in [-0.15, -0.1) is 11.3 Å². The summed E-state index contributed by atoms with van der Waals surface area (Å²) in [4.78, 5) is 18.0. The number of thiazole rings is 1. The minimum absolute atomic E-state index is 0.244. The largest absolute Gasteiger partial charge is 0.469 e. The highest BCUT2D eigenvalue weighted by Gasteiger charge is 2.16. The molecule has 1 heterocycles. The molecule has 5 heteroatoms. The van der Waals surface area contributed by atoms with Crippen LogP contribution in [0, 0.1) is 5.92 Å². The summed E-state index contributed by atoms with van der Waals surface area (Å²) in [6.45, 7) is 9.67. The lowest BCUT2D eigenvalue weighted by atomic mass is 10.2. The number of carbonyl (C=O) groups is 1. The topological polar surface area (TPSA) is 42.4 Å². The van der Waals surface area contributed by atoms with E-state index in [0.29, 0.717) is 12.0 Å². The lowest BCUT2D eigenvalue weighted by Gasteiger charge is -2.27. The average molecular weight is 270 g/mol. The monoisotopic (exact) mass is 270 g/mol. The summed E-state index contributed by atoms with van der Waals surface area (Å²) in [5, 5.41) is 2.92. The molecule has 0 N–H and O–H groups in total. The zero-order valence-electron chi connectivity index (χ0n) is 11.8. The van der Waals surface area contributed by atoms with Crippen molar-refractivity contribution < 1.29 is 9.53 Å². The van der Waals surface area contributed by atoms with Gasteiger partial charge in [-0.1, -0.05) is 13.8 Å². The molecule has 1 aromatic heterocycles. The molecule has 0 aliphatic carbocycles. The number of carbonyl (C=O) groups excluding carboxylic acids is 1. The van der Waals surface area contributed by atoms with Crippen LogP contribution < -0.4 is 4.90 Å². The minimum atomic E-state index is -0.244. The Morgan fingerprint density at radius 2 is 2.11 bits per heavy atom. The van der Waals surface area contributed by atoms with Crippen LogP contribution in [0.3, 0.4) is 0 Å². The smallest absolute Gasteiger partial charge is 0.311 e. The first-order valence-electron chi connectivity index (χ1n) is 6.22. The van der Waals surface area contributed by atoms with Gasteiger partial charge in [0.05, 0.1) is 19.2 Å². The molecule has 18 heavy (non-hydrogen) atoms. The summed E-state index contributed by atoms with van der Waals surface area (Å²) in [5.41, 5.74) is 0.788. The van der Waals surface area contributed by atoms with Gasteiger partial charge in [0, 0.05) is 18.0 Å². The molecule has 0 aliphatic rings. The van der Waals surface area contributed by atoms with Crippen LogP contribution in [0.15, 0.2) is 5.38 Å². The number of nitrogens with zero attached hydrogens (tertiary/aromatic N) is 2. The second kappa shape index (κ2) is 6.73. The van der Waals surface area contributed by atoms with Crippen molar-refractivity contribution in [1.82, 2.24) is 4.98 Å². The maximum absolute atomic E-state index is 11.2. The second-order valence-electron chi connectivity index (χ2n) is 5.01. The molecule has 102 valence electrons. The lowest BCUT2D eigenvalue weighted by molar-refractivity contribution is -0.139. The molecule has 1 rings (SSSR count). The van der Waals surface area contributed by atoms with Crippen molar-refractivity contribution in [3.8, 4) is 0 Å². The van der Waals surface area contributed by atoms with Crippen molar-refractivity contribution in [2.45, 2.75) is 40.2 Å². The number of rotatable bonds is 6. The molecule has 0 unspecified atom stereocenters.